The maximum atomic E-state index is 12.0. The third-order valence-corrected chi connectivity index (χ3v) is 2.36. The molecule has 7 heteroatoms. The third-order valence-electron chi connectivity index (χ3n) is 2.36. The summed E-state index contributed by atoms with van der Waals surface area (Å²) in [5.74, 6) is 1.32. The van der Waals surface area contributed by atoms with Crippen LogP contribution in [-0.4, -0.2) is 22.7 Å². The van der Waals surface area contributed by atoms with Gasteiger partial charge in [-0.05, 0) is 6.42 Å². The average Bonchev–Trinajstić information content (AvgIpc) is 2.21. The van der Waals surface area contributed by atoms with Crippen molar-refractivity contribution < 1.29 is 13.2 Å². The lowest BCUT2D eigenvalue weighted by atomic mass is 9.96. The predicted molar refractivity (Wildman–Crippen MR) is 68.9 cm³/mol. The molecule has 0 bridgehead atoms. The molecule has 1 aromatic heterocycles. The van der Waals surface area contributed by atoms with Gasteiger partial charge in [0.15, 0.2) is 0 Å². The number of nitrogen functional groups attached to an aromatic ring is 1. The molecule has 0 saturated heterocycles. The van der Waals surface area contributed by atoms with Gasteiger partial charge in [-0.25, -0.2) is 9.97 Å². The minimum Gasteiger partial charge on any atom is -0.384 e. The van der Waals surface area contributed by atoms with Crippen LogP contribution in [-0.2, 0) is 5.41 Å². The van der Waals surface area contributed by atoms with Crippen molar-refractivity contribution in [1.29, 1.82) is 0 Å². The van der Waals surface area contributed by atoms with E-state index in [9.17, 15) is 13.2 Å². The lowest BCUT2D eigenvalue weighted by Crippen LogP contribution is -2.18. The molecule has 1 aromatic rings. The first-order chi connectivity index (χ1) is 8.58. The average molecular weight is 276 g/mol. The largest absolute Gasteiger partial charge is 0.389 e. The number of hydrogen-bond donors (Lipinski definition) is 2. The van der Waals surface area contributed by atoms with Crippen molar-refractivity contribution in [1.82, 2.24) is 9.97 Å². The normalized spacial score (nSPS) is 12.5. The van der Waals surface area contributed by atoms with E-state index in [1.807, 2.05) is 20.8 Å². The SMILES string of the molecule is CC(C)(C)c1nc(N)cc(NCCCC(F)(F)F)n1. The second kappa shape index (κ2) is 5.63. The van der Waals surface area contributed by atoms with Crippen LogP contribution >= 0.6 is 0 Å². The van der Waals surface area contributed by atoms with Gasteiger partial charge in [0.05, 0.1) is 0 Å². The number of nitrogens with one attached hydrogen (secondary N) is 1. The van der Waals surface area contributed by atoms with E-state index in [1.165, 1.54) is 6.07 Å². The van der Waals surface area contributed by atoms with Gasteiger partial charge in [0.2, 0.25) is 0 Å². The Kier molecular flexibility index (Phi) is 4.60. The van der Waals surface area contributed by atoms with Crippen LogP contribution in [0, 0.1) is 0 Å². The number of hydrogen-bond acceptors (Lipinski definition) is 4. The highest BCUT2D eigenvalue weighted by Gasteiger charge is 2.26. The molecule has 1 rings (SSSR count). The van der Waals surface area contributed by atoms with E-state index >= 15 is 0 Å². The summed E-state index contributed by atoms with van der Waals surface area (Å²) in [5, 5.41) is 2.84. The molecule has 0 aromatic carbocycles. The summed E-state index contributed by atoms with van der Waals surface area (Å²) in [4.78, 5) is 8.37. The zero-order valence-corrected chi connectivity index (χ0v) is 11.3. The summed E-state index contributed by atoms with van der Waals surface area (Å²) in [6.07, 6.45) is -4.94. The third kappa shape index (κ3) is 5.76. The molecule has 3 N–H and O–H groups in total. The van der Waals surface area contributed by atoms with E-state index in [4.69, 9.17) is 5.73 Å². The molecule has 0 aliphatic rings. The van der Waals surface area contributed by atoms with Crippen LogP contribution in [0.2, 0.25) is 0 Å². The lowest BCUT2D eigenvalue weighted by molar-refractivity contribution is -0.134. The fourth-order valence-corrected chi connectivity index (χ4v) is 1.40. The highest BCUT2D eigenvalue weighted by Crippen LogP contribution is 2.22. The predicted octanol–water partition coefficient (Wildman–Crippen LogP) is 3.11. The van der Waals surface area contributed by atoms with Crippen molar-refractivity contribution in [2.24, 2.45) is 0 Å². The second-order valence-electron chi connectivity index (χ2n) is 5.40. The fourth-order valence-electron chi connectivity index (χ4n) is 1.40. The standard InChI is InChI=1S/C12H19F3N4/c1-11(2,3)10-18-8(16)7-9(19-10)17-6-4-5-12(13,14)15/h7H,4-6H2,1-3H3,(H3,16,17,18,19). The first-order valence-electron chi connectivity index (χ1n) is 6.03. The summed E-state index contributed by atoms with van der Waals surface area (Å²) in [6, 6.07) is 1.52. The topological polar surface area (TPSA) is 63.8 Å². The number of aromatic nitrogens is 2. The number of halogens is 3. The summed E-state index contributed by atoms with van der Waals surface area (Å²) < 4.78 is 36.0. The van der Waals surface area contributed by atoms with Gasteiger partial charge in [0, 0.05) is 24.4 Å². The van der Waals surface area contributed by atoms with Gasteiger partial charge in [-0.15, -0.1) is 0 Å². The van der Waals surface area contributed by atoms with Gasteiger partial charge < -0.3 is 11.1 Å². The van der Waals surface area contributed by atoms with Crippen molar-refractivity contribution in [2.45, 2.75) is 45.2 Å². The maximum Gasteiger partial charge on any atom is 0.389 e. The summed E-state index contributed by atoms with van der Waals surface area (Å²) in [6.45, 7) is 6.01. The van der Waals surface area contributed by atoms with Gasteiger partial charge >= 0.3 is 6.18 Å². The molecule has 108 valence electrons. The van der Waals surface area contributed by atoms with E-state index < -0.39 is 12.6 Å². The Bertz CT molecular complexity index is 424. The molecule has 0 unspecified atom stereocenters. The lowest BCUT2D eigenvalue weighted by Gasteiger charge is -2.18. The van der Waals surface area contributed by atoms with Crippen LogP contribution in [0.4, 0.5) is 24.8 Å². The number of nitrogens with zero attached hydrogens (tertiary/aromatic N) is 2. The Morgan fingerprint density at radius 3 is 2.37 bits per heavy atom. The summed E-state index contributed by atoms with van der Waals surface area (Å²) in [7, 11) is 0. The van der Waals surface area contributed by atoms with Crippen molar-refractivity contribution in [3.63, 3.8) is 0 Å². The fraction of sp³-hybridized carbons (Fsp3) is 0.667. The number of alkyl halides is 3. The highest BCUT2D eigenvalue weighted by molar-refractivity contribution is 5.45. The maximum absolute atomic E-state index is 12.0. The van der Waals surface area contributed by atoms with Crippen LogP contribution < -0.4 is 11.1 Å². The molecule has 0 amide bonds. The van der Waals surface area contributed by atoms with Crippen LogP contribution in [0.25, 0.3) is 0 Å². The Hall–Kier alpha value is -1.53. The molecule has 0 atom stereocenters. The van der Waals surface area contributed by atoms with E-state index in [1.54, 1.807) is 0 Å². The summed E-state index contributed by atoms with van der Waals surface area (Å²) >= 11 is 0. The highest BCUT2D eigenvalue weighted by atomic mass is 19.4. The van der Waals surface area contributed by atoms with Gasteiger partial charge in [0.25, 0.3) is 0 Å². The Balaban J connectivity index is 2.62. The molecule has 0 saturated carbocycles. The zero-order valence-electron chi connectivity index (χ0n) is 11.3. The van der Waals surface area contributed by atoms with Gasteiger partial charge in [0.1, 0.15) is 17.5 Å². The summed E-state index contributed by atoms with van der Waals surface area (Å²) in [5.41, 5.74) is 5.39. The van der Waals surface area contributed by atoms with Crippen molar-refractivity contribution in [3.8, 4) is 0 Å². The molecule has 4 nitrogen and oxygen atoms in total. The quantitative estimate of drug-likeness (QED) is 0.829. The monoisotopic (exact) mass is 276 g/mol. The Morgan fingerprint density at radius 2 is 1.84 bits per heavy atom. The van der Waals surface area contributed by atoms with Gasteiger partial charge in [-0.3, -0.25) is 0 Å². The van der Waals surface area contributed by atoms with Crippen LogP contribution in [0.3, 0.4) is 0 Å². The molecule has 19 heavy (non-hydrogen) atoms. The molecule has 0 aliphatic carbocycles. The molecular formula is C12H19F3N4. The first kappa shape index (κ1) is 15.5. The van der Waals surface area contributed by atoms with E-state index in [0.29, 0.717) is 17.5 Å². The smallest absolute Gasteiger partial charge is 0.384 e. The van der Waals surface area contributed by atoms with Crippen LogP contribution in [0.15, 0.2) is 6.07 Å². The number of rotatable bonds is 4. The minimum absolute atomic E-state index is 0.00173. The van der Waals surface area contributed by atoms with Crippen molar-refractivity contribution >= 4 is 11.6 Å². The van der Waals surface area contributed by atoms with E-state index in [0.717, 1.165) is 0 Å². The van der Waals surface area contributed by atoms with Crippen molar-refractivity contribution in [3.05, 3.63) is 11.9 Å². The zero-order chi connectivity index (χ0) is 14.7. The van der Waals surface area contributed by atoms with Gasteiger partial charge in [-0.2, -0.15) is 13.2 Å². The van der Waals surface area contributed by atoms with E-state index in [-0.39, 0.29) is 18.4 Å². The van der Waals surface area contributed by atoms with E-state index in [2.05, 4.69) is 15.3 Å². The molecular weight excluding hydrogens is 257 g/mol. The molecule has 0 radical (unpaired) electrons. The van der Waals surface area contributed by atoms with Crippen LogP contribution in [0.1, 0.15) is 39.4 Å². The van der Waals surface area contributed by atoms with Crippen LogP contribution in [0.5, 0.6) is 0 Å². The second-order valence-corrected chi connectivity index (χ2v) is 5.40. The molecule has 1 heterocycles. The minimum atomic E-state index is -4.12. The number of anilines is 2. The van der Waals surface area contributed by atoms with Gasteiger partial charge in [-0.1, -0.05) is 20.8 Å². The first-order valence-corrected chi connectivity index (χ1v) is 6.03. The Labute approximate surface area is 110 Å². The molecule has 0 aliphatic heterocycles. The number of nitrogens with two attached hydrogens (primary N) is 1. The Morgan fingerprint density at radius 1 is 1.21 bits per heavy atom. The molecule has 0 spiro atoms. The van der Waals surface area contributed by atoms with Crippen molar-refractivity contribution in [2.75, 3.05) is 17.6 Å². The molecule has 0 fully saturated rings.